The van der Waals surface area contributed by atoms with E-state index in [0.29, 0.717) is 11.9 Å². The zero-order chi connectivity index (χ0) is 13.5. The van der Waals surface area contributed by atoms with Gasteiger partial charge in [-0.15, -0.1) is 0 Å². The number of nitrogens with two attached hydrogens (primary N) is 1. The SMILES string of the molecule is CC1CCC(CN=C(NN)Nc2ccccc2)CC1. The van der Waals surface area contributed by atoms with Crippen molar-refractivity contribution in [2.75, 3.05) is 11.9 Å². The number of hydrogen-bond donors (Lipinski definition) is 3. The molecule has 104 valence electrons. The van der Waals surface area contributed by atoms with E-state index in [2.05, 4.69) is 22.7 Å². The van der Waals surface area contributed by atoms with E-state index in [0.717, 1.165) is 18.2 Å². The fourth-order valence-electron chi connectivity index (χ4n) is 2.51. The van der Waals surface area contributed by atoms with Crippen LogP contribution in [0.3, 0.4) is 0 Å². The number of benzene rings is 1. The Balaban J connectivity index is 1.85. The molecule has 0 saturated heterocycles. The van der Waals surface area contributed by atoms with E-state index < -0.39 is 0 Å². The summed E-state index contributed by atoms with van der Waals surface area (Å²) in [5.41, 5.74) is 3.63. The number of hydrogen-bond acceptors (Lipinski definition) is 2. The van der Waals surface area contributed by atoms with Crippen molar-refractivity contribution >= 4 is 11.6 Å². The molecular formula is C15H24N4. The van der Waals surface area contributed by atoms with Crippen molar-refractivity contribution in [2.24, 2.45) is 22.7 Å². The lowest BCUT2D eigenvalue weighted by Crippen LogP contribution is -2.36. The number of hydrazine groups is 1. The molecule has 0 amide bonds. The number of nitrogens with zero attached hydrogens (tertiary/aromatic N) is 1. The van der Waals surface area contributed by atoms with Gasteiger partial charge < -0.3 is 5.32 Å². The molecular weight excluding hydrogens is 236 g/mol. The van der Waals surface area contributed by atoms with Gasteiger partial charge in [-0.25, -0.2) is 5.84 Å². The van der Waals surface area contributed by atoms with Gasteiger partial charge in [0.1, 0.15) is 0 Å². The summed E-state index contributed by atoms with van der Waals surface area (Å²) in [6, 6.07) is 9.95. The van der Waals surface area contributed by atoms with E-state index in [1.165, 1.54) is 25.7 Å². The van der Waals surface area contributed by atoms with E-state index in [1.807, 2.05) is 30.3 Å². The molecule has 4 nitrogen and oxygen atoms in total. The maximum atomic E-state index is 5.51. The fraction of sp³-hybridized carbons (Fsp3) is 0.533. The van der Waals surface area contributed by atoms with Crippen LogP contribution in [-0.4, -0.2) is 12.5 Å². The predicted molar refractivity (Wildman–Crippen MR) is 80.8 cm³/mol. The van der Waals surface area contributed by atoms with Crippen LogP contribution in [0.2, 0.25) is 0 Å². The highest BCUT2D eigenvalue weighted by Gasteiger charge is 2.17. The first-order chi connectivity index (χ1) is 9.28. The predicted octanol–water partition coefficient (Wildman–Crippen LogP) is 2.74. The van der Waals surface area contributed by atoms with E-state index >= 15 is 0 Å². The minimum atomic E-state index is 0.643. The smallest absolute Gasteiger partial charge is 0.210 e. The third-order valence-electron chi connectivity index (χ3n) is 3.82. The fourth-order valence-corrected chi connectivity index (χ4v) is 2.51. The van der Waals surface area contributed by atoms with Gasteiger partial charge in [-0.3, -0.25) is 10.4 Å². The van der Waals surface area contributed by atoms with Gasteiger partial charge in [0.25, 0.3) is 0 Å². The van der Waals surface area contributed by atoms with Crippen molar-refractivity contribution < 1.29 is 0 Å². The van der Waals surface area contributed by atoms with Gasteiger partial charge in [0.15, 0.2) is 0 Å². The van der Waals surface area contributed by atoms with Gasteiger partial charge in [0.05, 0.1) is 0 Å². The van der Waals surface area contributed by atoms with Gasteiger partial charge >= 0.3 is 0 Å². The Morgan fingerprint density at radius 3 is 2.53 bits per heavy atom. The zero-order valence-electron chi connectivity index (χ0n) is 11.6. The average Bonchev–Trinajstić information content (AvgIpc) is 2.46. The summed E-state index contributed by atoms with van der Waals surface area (Å²) < 4.78 is 0. The number of para-hydroxylation sites is 1. The van der Waals surface area contributed by atoms with Gasteiger partial charge in [-0.05, 0) is 36.8 Å². The lowest BCUT2D eigenvalue weighted by Gasteiger charge is -2.25. The Morgan fingerprint density at radius 1 is 1.21 bits per heavy atom. The molecule has 2 rings (SSSR count). The summed E-state index contributed by atoms with van der Waals surface area (Å²) in [5, 5.41) is 3.19. The molecule has 19 heavy (non-hydrogen) atoms. The Hall–Kier alpha value is -1.55. The maximum absolute atomic E-state index is 5.51. The van der Waals surface area contributed by atoms with Crippen molar-refractivity contribution in [1.82, 2.24) is 5.43 Å². The standard InChI is InChI=1S/C15H24N4/c1-12-7-9-13(10-8-12)11-17-15(19-16)18-14-5-3-2-4-6-14/h2-6,12-13H,7-11,16H2,1H3,(H2,17,18,19). The van der Waals surface area contributed by atoms with E-state index in [1.54, 1.807) is 0 Å². The number of nitrogens with one attached hydrogen (secondary N) is 2. The molecule has 0 spiro atoms. The largest absolute Gasteiger partial charge is 0.325 e. The first-order valence-corrected chi connectivity index (χ1v) is 7.11. The summed E-state index contributed by atoms with van der Waals surface area (Å²) in [6.07, 6.45) is 5.23. The van der Waals surface area contributed by atoms with Crippen LogP contribution in [0.15, 0.2) is 35.3 Å². The van der Waals surface area contributed by atoms with Gasteiger partial charge in [0, 0.05) is 12.2 Å². The molecule has 1 aliphatic rings. The number of guanidine groups is 1. The van der Waals surface area contributed by atoms with Crippen LogP contribution in [0.5, 0.6) is 0 Å². The lowest BCUT2D eigenvalue weighted by molar-refractivity contribution is 0.296. The maximum Gasteiger partial charge on any atom is 0.210 e. The summed E-state index contributed by atoms with van der Waals surface area (Å²) in [5.74, 6) is 7.75. The monoisotopic (exact) mass is 260 g/mol. The molecule has 0 aromatic heterocycles. The number of rotatable bonds is 3. The summed E-state index contributed by atoms with van der Waals surface area (Å²) in [7, 11) is 0. The molecule has 1 aromatic rings. The third-order valence-corrected chi connectivity index (χ3v) is 3.82. The molecule has 1 aromatic carbocycles. The van der Waals surface area contributed by atoms with Gasteiger partial charge in [-0.2, -0.15) is 0 Å². The van der Waals surface area contributed by atoms with Crippen LogP contribution < -0.4 is 16.6 Å². The molecule has 4 heteroatoms. The van der Waals surface area contributed by atoms with Crippen molar-refractivity contribution in [3.8, 4) is 0 Å². The Morgan fingerprint density at radius 2 is 1.89 bits per heavy atom. The van der Waals surface area contributed by atoms with Crippen molar-refractivity contribution in [2.45, 2.75) is 32.6 Å². The highest BCUT2D eigenvalue weighted by Crippen LogP contribution is 2.28. The van der Waals surface area contributed by atoms with Crippen LogP contribution in [0.1, 0.15) is 32.6 Å². The molecule has 0 bridgehead atoms. The normalized spacial score (nSPS) is 24.0. The quantitative estimate of drug-likeness (QED) is 0.339. The van der Waals surface area contributed by atoms with E-state index in [-0.39, 0.29) is 0 Å². The van der Waals surface area contributed by atoms with Crippen molar-refractivity contribution in [1.29, 1.82) is 0 Å². The molecule has 0 heterocycles. The molecule has 0 aliphatic heterocycles. The second-order valence-electron chi connectivity index (χ2n) is 5.45. The molecule has 1 fully saturated rings. The molecule has 1 saturated carbocycles. The van der Waals surface area contributed by atoms with Crippen LogP contribution in [0.4, 0.5) is 5.69 Å². The van der Waals surface area contributed by atoms with Gasteiger partial charge in [0.2, 0.25) is 5.96 Å². The van der Waals surface area contributed by atoms with Crippen LogP contribution in [-0.2, 0) is 0 Å². The van der Waals surface area contributed by atoms with Crippen molar-refractivity contribution in [3.05, 3.63) is 30.3 Å². The van der Waals surface area contributed by atoms with Crippen LogP contribution in [0.25, 0.3) is 0 Å². The summed E-state index contributed by atoms with van der Waals surface area (Å²) >= 11 is 0. The van der Waals surface area contributed by atoms with Crippen LogP contribution in [0, 0.1) is 11.8 Å². The number of anilines is 1. The second-order valence-corrected chi connectivity index (χ2v) is 5.45. The molecule has 0 atom stereocenters. The molecule has 4 N–H and O–H groups in total. The second kappa shape index (κ2) is 7.14. The van der Waals surface area contributed by atoms with Crippen molar-refractivity contribution in [3.63, 3.8) is 0 Å². The molecule has 0 radical (unpaired) electrons. The summed E-state index contributed by atoms with van der Waals surface area (Å²) in [6.45, 7) is 3.19. The van der Waals surface area contributed by atoms with Crippen LogP contribution >= 0.6 is 0 Å². The third kappa shape index (κ3) is 4.56. The average molecular weight is 260 g/mol. The minimum Gasteiger partial charge on any atom is -0.325 e. The lowest BCUT2D eigenvalue weighted by atomic mass is 9.83. The minimum absolute atomic E-state index is 0.643. The van der Waals surface area contributed by atoms with E-state index in [9.17, 15) is 0 Å². The Labute approximate surface area is 115 Å². The molecule has 0 unspecified atom stereocenters. The summed E-state index contributed by atoms with van der Waals surface area (Å²) in [4.78, 5) is 4.56. The number of aliphatic imine (C=N–C) groups is 1. The first kappa shape index (κ1) is 13.9. The zero-order valence-corrected chi connectivity index (χ0v) is 11.6. The topological polar surface area (TPSA) is 62.4 Å². The Kier molecular flexibility index (Phi) is 5.21. The first-order valence-electron chi connectivity index (χ1n) is 7.11. The highest BCUT2D eigenvalue weighted by atomic mass is 15.3. The van der Waals surface area contributed by atoms with Gasteiger partial charge in [-0.1, -0.05) is 38.0 Å². The highest BCUT2D eigenvalue weighted by molar-refractivity contribution is 5.93. The van der Waals surface area contributed by atoms with E-state index in [4.69, 9.17) is 5.84 Å². The Bertz CT molecular complexity index is 394. The molecule has 1 aliphatic carbocycles.